The van der Waals surface area contributed by atoms with Gasteiger partial charge in [0.05, 0.1) is 5.56 Å². The third-order valence-corrected chi connectivity index (χ3v) is 2.22. The first-order valence-electron chi connectivity index (χ1n) is 3.51. The molecule has 1 aromatic heterocycles. The summed E-state index contributed by atoms with van der Waals surface area (Å²) in [5, 5.41) is 0. The van der Waals surface area contributed by atoms with Crippen molar-refractivity contribution in [2.24, 2.45) is 0 Å². The zero-order valence-electron chi connectivity index (χ0n) is 6.26. The predicted molar refractivity (Wildman–Crippen MR) is 46.6 cm³/mol. The van der Waals surface area contributed by atoms with Crippen molar-refractivity contribution in [3.63, 3.8) is 0 Å². The molecule has 0 saturated carbocycles. The minimum absolute atomic E-state index is 0.279. The summed E-state index contributed by atoms with van der Waals surface area (Å²) in [6, 6.07) is 0. The standard InChI is InChI=1S/C6H8N3O2P/c10-5-3-1-9(12)2-4(3)7-6(11)8-5/h1-2,12H2,(H2,7,8,10,11). The maximum atomic E-state index is 11.2. The molecule has 64 valence electrons. The molecule has 2 rings (SSSR count). The van der Waals surface area contributed by atoms with Crippen LogP contribution in [0.25, 0.3) is 0 Å². The molecule has 0 radical (unpaired) electrons. The maximum Gasteiger partial charge on any atom is 0.325 e. The smallest absolute Gasteiger partial charge is 0.310 e. The maximum absolute atomic E-state index is 11.2. The van der Waals surface area contributed by atoms with E-state index in [1.54, 1.807) is 0 Å². The van der Waals surface area contributed by atoms with E-state index in [0.717, 1.165) is 5.69 Å². The van der Waals surface area contributed by atoms with Gasteiger partial charge in [0.25, 0.3) is 5.56 Å². The van der Waals surface area contributed by atoms with Crippen LogP contribution in [0.1, 0.15) is 11.3 Å². The highest BCUT2D eigenvalue weighted by Crippen LogP contribution is 2.18. The topological polar surface area (TPSA) is 69.0 Å². The lowest BCUT2D eigenvalue weighted by atomic mass is 10.3. The molecule has 6 heteroatoms. The average molecular weight is 185 g/mol. The Labute approximate surface area is 70.1 Å². The second-order valence-electron chi connectivity index (χ2n) is 2.77. The van der Waals surface area contributed by atoms with E-state index in [-0.39, 0.29) is 5.56 Å². The van der Waals surface area contributed by atoms with Crippen molar-refractivity contribution in [2.75, 3.05) is 0 Å². The second kappa shape index (κ2) is 2.54. The van der Waals surface area contributed by atoms with Crippen molar-refractivity contribution < 1.29 is 0 Å². The van der Waals surface area contributed by atoms with E-state index in [2.05, 4.69) is 19.4 Å². The molecular formula is C6H8N3O2P. The van der Waals surface area contributed by atoms with Gasteiger partial charge in [0.1, 0.15) is 0 Å². The molecule has 1 unspecified atom stereocenters. The van der Waals surface area contributed by atoms with Gasteiger partial charge in [0, 0.05) is 18.8 Å². The van der Waals surface area contributed by atoms with Crippen molar-refractivity contribution in [1.82, 2.24) is 14.6 Å². The zero-order valence-corrected chi connectivity index (χ0v) is 7.41. The van der Waals surface area contributed by atoms with Gasteiger partial charge in [0.15, 0.2) is 0 Å². The normalized spacial score (nSPS) is 16.4. The van der Waals surface area contributed by atoms with Gasteiger partial charge >= 0.3 is 5.69 Å². The molecule has 0 spiro atoms. The molecule has 1 atom stereocenters. The Morgan fingerprint density at radius 1 is 1.25 bits per heavy atom. The summed E-state index contributed by atoms with van der Waals surface area (Å²) in [5.41, 5.74) is 0.668. The van der Waals surface area contributed by atoms with Gasteiger partial charge in [-0.2, -0.15) is 0 Å². The number of rotatable bonds is 0. The highest BCUT2D eigenvalue weighted by Gasteiger charge is 2.19. The fourth-order valence-electron chi connectivity index (χ4n) is 1.32. The zero-order chi connectivity index (χ0) is 8.72. The molecule has 0 aromatic carbocycles. The molecule has 2 heterocycles. The van der Waals surface area contributed by atoms with Gasteiger partial charge in [-0.1, -0.05) is 9.39 Å². The molecule has 0 amide bonds. The summed E-state index contributed by atoms with van der Waals surface area (Å²) in [7, 11) is 2.49. The molecule has 5 nitrogen and oxygen atoms in total. The molecule has 1 aromatic rings. The molecule has 1 aliphatic rings. The van der Waals surface area contributed by atoms with Crippen LogP contribution in [0.5, 0.6) is 0 Å². The fraction of sp³-hybridized carbons (Fsp3) is 0.333. The van der Waals surface area contributed by atoms with Gasteiger partial charge in [-0.25, -0.2) is 4.79 Å². The quantitative estimate of drug-likeness (QED) is 0.518. The number of aromatic nitrogens is 2. The van der Waals surface area contributed by atoms with Crippen molar-refractivity contribution in [3.8, 4) is 0 Å². The number of fused-ring (bicyclic) bond motifs is 1. The number of nitrogens with zero attached hydrogens (tertiary/aromatic N) is 1. The first kappa shape index (κ1) is 7.71. The summed E-state index contributed by atoms with van der Waals surface area (Å²) < 4.78 is 1.88. The summed E-state index contributed by atoms with van der Waals surface area (Å²) in [6.45, 7) is 1.19. The minimum atomic E-state index is -0.431. The number of hydrogen-bond donors (Lipinski definition) is 2. The Kier molecular flexibility index (Phi) is 1.63. The molecule has 0 bridgehead atoms. The Balaban J connectivity index is 2.68. The molecular weight excluding hydrogens is 177 g/mol. The van der Waals surface area contributed by atoms with Crippen LogP contribution in [0.2, 0.25) is 0 Å². The van der Waals surface area contributed by atoms with Gasteiger partial charge in [-0.3, -0.25) is 14.4 Å². The van der Waals surface area contributed by atoms with Crippen LogP contribution in [0.3, 0.4) is 0 Å². The van der Waals surface area contributed by atoms with E-state index in [9.17, 15) is 9.59 Å². The van der Waals surface area contributed by atoms with Crippen LogP contribution in [0.4, 0.5) is 0 Å². The van der Waals surface area contributed by atoms with Gasteiger partial charge in [-0.15, -0.1) is 0 Å². The van der Waals surface area contributed by atoms with Crippen molar-refractivity contribution in [2.45, 2.75) is 13.1 Å². The summed E-state index contributed by atoms with van der Waals surface area (Å²) in [5.74, 6) is 0. The molecule has 0 saturated heterocycles. The SMILES string of the molecule is O=c1[nH]c2c(c(=O)[nH]1)CN(P)C2. The molecule has 0 fully saturated rings. The molecule has 1 aliphatic heterocycles. The van der Waals surface area contributed by atoms with Crippen molar-refractivity contribution >= 4 is 9.39 Å². The van der Waals surface area contributed by atoms with Crippen molar-refractivity contribution in [3.05, 3.63) is 32.1 Å². The van der Waals surface area contributed by atoms with Gasteiger partial charge in [-0.05, 0) is 0 Å². The van der Waals surface area contributed by atoms with E-state index < -0.39 is 5.69 Å². The lowest BCUT2D eigenvalue weighted by molar-refractivity contribution is 0.504. The average Bonchev–Trinajstić information content (AvgIpc) is 2.29. The molecule has 2 N–H and O–H groups in total. The highest BCUT2D eigenvalue weighted by atomic mass is 31.0. The first-order valence-corrected chi connectivity index (χ1v) is 4.02. The number of aromatic amines is 2. The van der Waals surface area contributed by atoms with Gasteiger partial charge in [0.2, 0.25) is 0 Å². The Hall–Kier alpha value is -0.930. The highest BCUT2D eigenvalue weighted by molar-refractivity contribution is 7.13. The minimum Gasteiger partial charge on any atom is -0.310 e. The van der Waals surface area contributed by atoms with E-state index in [1.165, 1.54) is 0 Å². The van der Waals surface area contributed by atoms with Crippen LogP contribution < -0.4 is 11.2 Å². The molecule has 0 aliphatic carbocycles. The lowest BCUT2D eigenvalue weighted by Gasteiger charge is -2.01. The van der Waals surface area contributed by atoms with Crippen molar-refractivity contribution in [1.29, 1.82) is 0 Å². The van der Waals surface area contributed by atoms with Crippen LogP contribution in [-0.2, 0) is 13.1 Å². The fourth-order valence-corrected chi connectivity index (χ4v) is 1.69. The first-order chi connectivity index (χ1) is 5.66. The number of nitrogens with one attached hydrogen (secondary N) is 2. The molecule has 12 heavy (non-hydrogen) atoms. The van der Waals surface area contributed by atoms with Crippen LogP contribution in [-0.4, -0.2) is 14.6 Å². The summed E-state index contributed by atoms with van der Waals surface area (Å²) in [6.07, 6.45) is 0. The number of H-pyrrole nitrogens is 2. The van der Waals surface area contributed by atoms with E-state index in [1.807, 2.05) is 4.67 Å². The third kappa shape index (κ3) is 1.11. The lowest BCUT2D eigenvalue weighted by Crippen LogP contribution is -2.25. The predicted octanol–water partition coefficient (Wildman–Crippen LogP) is -0.831. The Morgan fingerprint density at radius 3 is 2.75 bits per heavy atom. The monoisotopic (exact) mass is 185 g/mol. The van der Waals surface area contributed by atoms with Gasteiger partial charge < -0.3 is 4.98 Å². The van der Waals surface area contributed by atoms with Crippen LogP contribution >= 0.6 is 9.39 Å². The van der Waals surface area contributed by atoms with E-state index in [0.29, 0.717) is 18.7 Å². The van der Waals surface area contributed by atoms with E-state index in [4.69, 9.17) is 0 Å². The third-order valence-electron chi connectivity index (χ3n) is 1.85. The van der Waals surface area contributed by atoms with E-state index >= 15 is 0 Å². The summed E-state index contributed by atoms with van der Waals surface area (Å²) in [4.78, 5) is 26.8. The Morgan fingerprint density at radius 2 is 2.00 bits per heavy atom. The largest absolute Gasteiger partial charge is 0.325 e. The Bertz CT molecular complexity index is 422. The number of hydrogen-bond acceptors (Lipinski definition) is 3. The summed E-state index contributed by atoms with van der Waals surface area (Å²) >= 11 is 0. The van der Waals surface area contributed by atoms with Crippen LogP contribution in [0, 0.1) is 0 Å². The van der Waals surface area contributed by atoms with Crippen LogP contribution in [0.15, 0.2) is 9.59 Å². The second-order valence-corrected chi connectivity index (χ2v) is 3.50.